The zero-order chi connectivity index (χ0) is 24.5. The van der Waals surface area contributed by atoms with E-state index in [1.54, 1.807) is 0 Å². The van der Waals surface area contributed by atoms with Crippen molar-refractivity contribution in [3.63, 3.8) is 0 Å². The maximum atomic E-state index is 11.8. The molecular formula is C24H52N2O6Si. The molecule has 0 unspecified atom stereocenters. The molecule has 0 saturated carbocycles. The largest absolute Gasteiger partial charge is 0.501 e. The first-order valence-electron chi connectivity index (χ1n) is 13.2. The number of ether oxygens (including phenoxy) is 1. The van der Waals surface area contributed by atoms with Crippen LogP contribution in [0.5, 0.6) is 0 Å². The third kappa shape index (κ3) is 20.5. The number of carbonyl (C=O) groups excluding carboxylic acids is 1. The number of hydrogen-bond donors (Lipinski definition) is 2. The van der Waals surface area contributed by atoms with Crippen molar-refractivity contribution in [1.82, 2.24) is 10.8 Å². The Hall–Kier alpha value is -0.553. The number of hydroxylamine groups is 1. The van der Waals surface area contributed by atoms with E-state index in [-0.39, 0.29) is 12.6 Å². The van der Waals surface area contributed by atoms with Crippen molar-refractivity contribution in [3.8, 4) is 0 Å². The van der Waals surface area contributed by atoms with E-state index >= 15 is 0 Å². The van der Waals surface area contributed by atoms with E-state index in [9.17, 15) is 4.79 Å². The fourth-order valence-electron chi connectivity index (χ4n) is 3.54. The fourth-order valence-corrected chi connectivity index (χ4v) is 6.12. The van der Waals surface area contributed by atoms with Crippen molar-refractivity contribution in [2.24, 2.45) is 0 Å². The summed E-state index contributed by atoms with van der Waals surface area (Å²) in [5.41, 5.74) is 2.78. The van der Waals surface area contributed by atoms with Crippen LogP contribution in [0.1, 0.15) is 98.3 Å². The van der Waals surface area contributed by atoms with Gasteiger partial charge in [-0.15, -0.1) is 0 Å². The van der Waals surface area contributed by atoms with E-state index in [1.807, 2.05) is 20.8 Å². The minimum Gasteiger partial charge on any atom is -0.374 e. The van der Waals surface area contributed by atoms with Crippen LogP contribution in [0.2, 0.25) is 6.04 Å². The minimum absolute atomic E-state index is 0.108. The fraction of sp³-hybridized carbons (Fsp3) is 0.958. The van der Waals surface area contributed by atoms with Gasteiger partial charge < -0.3 is 23.3 Å². The molecule has 1 amide bonds. The molecule has 0 rings (SSSR count). The summed E-state index contributed by atoms with van der Waals surface area (Å²) < 4.78 is 22.9. The lowest BCUT2D eigenvalue weighted by Crippen LogP contribution is -2.46. The summed E-state index contributed by atoms with van der Waals surface area (Å²) in [6, 6.07) is 0.718. The van der Waals surface area contributed by atoms with Crippen molar-refractivity contribution < 1.29 is 27.6 Å². The third-order valence-electron chi connectivity index (χ3n) is 5.16. The zero-order valence-corrected chi connectivity index (χ0v) is 22.9. The van der Waals surface area contributed by atoms with Gasteiger partial charge in [-0.2, -0.15) is 5.48 Å². The molecule has 8 nitrogen and oxygen atoms in total. The molecule has 198 valence electrons. The highest BCUT2D eigenvalue weighted by Crippen LogP contribution is 2.18. The molecule has 33 heavy (non-hydrogen) atoms. The first kappa shape index (κ1) is 32.4. The topological polar surface area (TPSA) is 87.3 Å². The van der Waals surface area contributed by atoms with Gasteiger partial charge in [-0.1, -0.05) is 58.3 Å². The molecule has 0 aromatic carbocycles. The first-order valence-corrected chi connectivity index (χ1v) is 15.2. The Bertz CT molecular complexity index is 415. The molecule has 0 fully saturated rings. The van der Waals surface area contributed by atoms with Gasteiger partial charge in [-0.25, -0.2) is 0 Å². The molecule has 0 saturated heterocycles. The third-order valence-corrected chi connectivity index (χ3v) is 8.31. The van der Waals surface area contributed by atoms with Gasteiger partial charge in [0.15, 0.2) is 0 Å². The van der Waals surface area contributed by atoms with Crippen molar-refractivity contribution in [3.05, 3.63) is 0 Å². The summed E-state index contributed by atoms with van der Waals surface area (Å²) in [5.74, 6) is 0.108. The molecular weight excluding hydrogens is 440 g/mol. The summed E-state index contributed by atoms with van der Waals surface area (Å²) >= 11 is 0. The van der Waals surface area contributed by atoms with E-state index in [1.165, 1.54) is 44.9 Å². The average molecular weight is 493 g/mol. The second-order valence-electron chi connectivity index (χ2n) is 8.06. The Kier molecular flexibility index (Phi) is 24.2. The van der Waals surface area contributed by atoms with Crippen LogP contribution < -0.4 is 10.8 Å². The van der Waals surface area contributed by atoms with Gasteiger partial charge in [-0.3, -0.25) is 9.63 Å². The highest BCUT2D eigenvalue weighted by molar-refractivity contribution is 6.60. The Labute approximate surface area is 204 Å². The highest BCUT2D eigenvalue weighted by Gasteiger charge is 2.39. The van der Waals surface area contributed by atoms with Gasteiger partial charge in [0.2, 0.25) is 5.91 Å². The number of carbonyl (C=O) groups is 1. The lowest BCUT2D eigenvalue weighted by molar-refractivity contribution is -0.121. The Morgan fingerprint density at radius 1 is 0.727 bits per heavy atom. The molecule has 0 bridgehead atoms. The predicted molar refractivity (Wildman–Crippen MR) is 135 cm³/mol. The highest BCUT2D eigenvalue weighted by atomic mass is 28.4. The van der Waals surface area contributed by atoms with Crippen LogP contribution >= 0.6 is 0 Å². The number of hydrogen-bond acceptors (Lipinski definition) is 7. The van der Waals surface area contributed by atoms with Gasteiger partial charge >= 0.3 is 8.80 Å². The lowest BCUT2D eigenvalue weighted by atomic mass is 10.1. The second-order valence-corrected chi connectivity index (χ2v) is 10.8. The van der Waals surface area contributed by atoms with Crippen molar-refractivity contribution in [2.45, 2.75) is 104 Å². The monoisotopic (exact) mass is 492 g/mol. The molecule has 0 aliphatic rings. The summed E-state index contributed by atoms with van der Waals surface area (Å²) in [6.07, 6.45) is 12.7. The molecule has 0 aromatic heterocycles. The smallest absolute Gasteiger partial charge is 0.374 e. The Morgan fingerprint density at radius 2 is 1.30 bits per heavy atom. The van der Waals surface area contributed by atoms with Crippen LogP contribution in [0.4, 0.5) is 0 Å². The van der Waals surface area contributed by atoms with Crippen molar-refractivity contribution >= 4 is 14.7 Å². The van der Waals surface area contributed by atoms with Crippen LogP contribution in [0.15, 0.2) is 0 Å². The normalized spacial score (nSPS) is 11.8. The summed E-state index contributed by atoms with van der Waals surface area (Å²) in [6.45, 7) is 11.6. The minimum atomic E-state index is -2.59. The SMILES string of the molecule is CCCCCCCCCCCC(=O)NCCOCNOCCC[Si](OCC)(OCC)OCC. The van der Waals surface area contributed by atoms with E-state index in [4.69, 9.17) is 22.9 Å². The number of rotatable bonds is 26. The standard InChI is InChI=1S/C24H52N2O6Si/c1-5-9-10-11-12-13-14-15-16-18-24(27)25-19-21-28-23-26-29-20-17-22-33(30-6-2,31-7-3)32-8-4/h26H,5-23H2,1-4H3,(H,25,27). The molecule has 0 aliphatic carbocycles. The zero-order valence-electron chi connectivity index (χ0n) is 21.9. The maximum Gasteiger partial charge on any atom is 0.501 e. The molecule has 0 aromatic rings. The Morgan fingerprint density at radius 3 is 1.88 bits per heavy atom. The number of unbranched alkanes of at least 4 members (excludes halogenated alkanes) is 8. The van der Waals surface area contributed by atoms with Crippen LogP contribution in [-0.4, -0.2) is 61.0 Å². The van der Waals surface area contributed by atoms with Gasteiger partial charge in [0.25, 0.3) is 0 Å². The molecule has 0 heterocycles. The number of amides is 1. The summed E-state index contributed by atoms with van der Waals surface area (Å²) in [5, 5.41) is 2.90. The van der Waals surface area contributed by atoms with E-state index < -0.39 is 8.80 Å². The quantitative estimate of drug-likeness (QED) is 0.0764. The van der Waals surface area contributed by atoms with Gasteiger partial charge in [0, 0.05) is 38.8 Å². The van der Waals surface area contributed by atoms with Gasteiger partial charge in [0.05, 0.1) is 13.2 Å². The van der Waals surface area contributed by atoms with Crippen LogP contribution in [0, 0.1) is 0 Å². The number of nitrogens with one attached hydrogen (secondary N) is 2. The molecule has 0 aliphatic heterocycles. The summed E-state index contributed by atoms with van der Waals surface area (Å²) in [7, 11) is -2.59. The van der Waals surface area contributed by atoms with Crippen LogP contribution in [0.25, 0.3) is 0 Å². The average Bonchev–Trinajstić information content (AvgIpc) is 2.79. The molecule has 0 spiro atoms. The maximum absolute atomic E-state index is 11.8. The first-order chi connectivity index (χ1) is 16.1. The molecule has 9 heteroatoms. The van der Waals surface area contributed by atoms with Crippen molar-refractivity contribution in [2.75, 3.05) is 46.3 Å². The Balaban J connectivity index is 3.51. The van der Waals surface area contributed by atoms with Crippen molar-refractivity contribution in [1.29, 1.82) is 0 Å². The van der Waals surface area contributed by atoms with E-state index in [0.717, 1.165) is 25.3 Å². The molecule has 0 atom stereocenters. The molecule has 0 radical (unpaired) electrons. The second kappa shape index (κ2) is 24.6. The van der Waals surface area contributed by atoms with Gasteiger partial charge in [-0.05, 0) is 33.6 Å². The van der Waals surface area contributed by atoms with Crippen LogP contribution in [0.3, 0.4) is 0 Å². The summed E-state index contributed by atoms with van der Waals surface area (Å²) in [4.78, 5) is 17.2. The van der Waals surface area contributed by atoms with E-state index in [0.29, 0.717) is 46.0 Å². The molecule has 2 N–H and O–H groups in total. The lowest BCUT2D eigenvalue weighted by Gasteiger charge is -2.28. The predicted octanol–water partition coefficient (Wildman–Crippen LogP) is 4.96. The van der Waals surface area contributed by atoms with Gasteiger partial charge in [0.1, 0.15) is 6.73 Å². The van der Waals surface area contributed by atoms with Crippen LogP contribution in [-0.2, 0) is 27.6 Å². The van der Waals surface area contributed by atoms with E-state index in [2.05, 4.69) is 17.7 Å².